The Morgan fingerprint density at radius 3 is 1.96 bits per heavy atom. The molecule has 2 aromatic rings. The molecule has 0 saturated carbocycles. The van der Waals surface area contributed by atoms with Gasteiger partial charge in [0.2, 0.25) is 0 Å². The summed E-state index contributed by atoms with van der Waals surface area (Å²) in [6.07, 6.45) is 0. The van der Waals surface area contributed by atoms with Crippen LogP contribution in [0.2, 0.25) is 0 Å². The van der Waals surface area contributed by atoms with E-state index in [1.165, 1.54) is 23.9 Å². The van der Waals surface area contributed by atoms with Crippen LogP contribution in [0.15, 0.2) is 52.5 Å². The van der Waals surface area contributed by atoms with Crippen molar-refractivity contribution >= 4 is 41.1 Å². The number of nitrogens with zero attached hydrogens (tertiary/aromatic N) is 1. The van der Waals surface area contributed by atoms with Crippen molar-refractivity contribution < 1.29 is 9.59 Å². The summed E-state index contributed by atoms with van der Waals surface area (Å²) in [5.41, 5.74) is 14.0. The van der Waals surface area contributed by atoms with Gasteiger partial charge in [0.05, 0.1) is 11.3 Å². The lowest BCUT2D eigenvalue weighted by Crippen LogP contribution is -2.23. The van der Waals surface area contributed by atoms with Crippen molar-refractivity contribution in [2.45, 2.75) is 0 Å². The fraction of sp³-hybridized carbons (Fsp3) is 0. The van der Waals surface area contributed by atoms with Crippen molar-refractivity contribution in [2.75, 3.05) is 3.71 Å². The molecule has 7 heteroatoms. The van der Waals surface area contributed by atoms with E-state index < -0.39 is 0 Å². The van der Waals surface area contributed by atoms with Crippen LogP contribution in [0.4, 0.5) is 5.69 Å². The van der Waals surface area contributed by atoms with Crippen molar-refractivity contribution in [3.63, 3.8) is 0 Å². The first-order valence-corrected chi connectivity index (χ1v) is 8.35. The van der Waals surface area contributed by atoms with Gasteiger partial charge in [0.1, 0.15) is 10.1 Å². The quantitative estimate of drug-likeness (QED) is 0.658. The minimum absolute atomic E-state index is 0.139. The number of nitrogens with two attached hydrogens (primary N) is 2. The van der Waals surface area contributed by atoms with Gasteiger partial charge in [0, 0.05) is 40.6 Å². The topological polar surface area (TPSA) is 89.4 Å². The number of anilines is 1. The Labute approximate surface area is 141 Å². The fourth-order valence-electron chi connectivity index (χ4n) is 2.66. The van der Waals surface area contributed by atoms with Crippen molar-refractivity contribution in [1.29, 1.82) is 0 Å². The molecule has 1 aliphatic carbocycles. The van der Waals surface area contributed by atoms with E-state index in [-0.39, 0.29) is 11.6 Å². The number of carbonyl (C=O) groups is 2. The highest BCUT2D eigenvalue weighted by molar-refractivity contribution is 8.24. The Bertz CT molecular complexity index is 894. The first kappa shape index (κ1) is 14.2. The Morgan fingerprint density at radius 2 is 1.30 bits per heavy atom. The lowest BCUT2D eigenvalue weighted by molar-refractivity contribution is 0.0979. The third kappa shape index (κ3) is 2.04. The summed E-state index contributed by atoms with van der Waals surface area (Å²) in [5.74, 6) is -0.295. The zero-order valence-electron chi connectivity index (χ0n) is 11.8. The maximum atomic E-state index is 12.9. The second-order valence-corrected chi connectivity index (χ2v) is 7.28. The normalized spacial score (nSPS) is 16.6. The Hall–Kier alpha value is -2.38. The molecule has 5 nitrogen and oxygen atoms in total. The van der Waals surface area contributed by atoms with Gasteiger partial charge in [-0.3, -0.25) is 9.59 Å². The number of ketones is 2. The molecule has 4 N–H and O–H groups in total. The maximum absolute atomic E-state index is 12.9. The highest BCUT2D eigenvalue weighted by atomic mass is 32.2. The third-order valence-corrected chi connectivity index (χ3v) is 5.87. The van der Waals surface area contributed by atoms with Crippen LogP contribution in [0.25, 0.3) is 0 Å². The lowest BCUT2D eigenvalue weighted by atomic mass is 9.83. The molecule has 1 heterocycles. The molecule has 2 aromatic carbocycles. The van der Waals surface area contributed by atoms with E-state index >= 15 is 0 Å². The summed E-state index contributed by atoms with van der Waals surface area (Å²) in [7, 11) is 0. The highest BCUT2D eigenvalue weighted by Crippen LogP contribution is 2.46. The van der Waals surface area contributed by atoms with Crippen LogP contribution in [0.3, 0.4) is 0 Å². The lowest BCUT2D eigenvalue weighted by Gasteiger charge is -2.23. The summed E-state index contributed by atoms with van der Waals surface area (Å²) in [4.78, 5) is 25.6. The van der Waals surface area contributed by atoms with E-state index in [2.05, 4.69) is 0 Å². The van der Waals surface area contributed by atoms with Gasteiger partial charge >= 0.3 is 0 Å². The number of rotatable bonds is 1. The molecule has 2 aliphatic rings. The molecular weight excluding hydrogens is 330 g/mol. The van der Waals surface area contributed by atoms with Gasteiger partial charge in [0.15, 0.2) is 11.6 Å². The first-order valence-electron chi connectivity index (χ1n) is 6.80. The number of fused-ring (bicyclic) bond motifs is 2. The van der Waals surface area contributed by atoms with Crippen LogP contribution in [0, 0.1) is 0 Å². The molecule has 0 bridgehead atoms. The van der Waals surface area contributed by atoms with Crippen molar-refractivity contribution in [3.05, 3.63) is 74.8 Å². The van der Waals surface area contributed by atoms with Gasteiger partial charge in [-0.25, -0.2) is 3.71 Å². The van der Waals surface area contributed by atoms with Gasteiger partial charge in [-0.2, -0.15) is 0 Å². The molecule has 0 unspecified atom stereocenters. The Kier molecular flexibility index (Phi) is 3.14. The van der Waals surface area contributed by atoms with Crippen LogP contribution < -0.4 is 15.2 Å². The summed E-state index contributed by atoms with van der Waals surface area (Å²) < 4.78 is 1.77. The standard InChI is InChI=1S/C16H11N3O2S2/c17-15-16(18)23-19(22-15)11-7-3-6-10-12(11)14(21)9-5-2-1-4-8(9)13(10)20/h1-7H,17-18H2. The van der Waals surface area contributed by atoms with Crippen molar-refractivity contribution in [1.82, 2.24) is 0 Å². The maximum Gasteiger partial charge on any atom is 0.196 e. The third-order valence-electron chi connectivity index (χ3n) is 3.73. The second-order valence-electron chi connectivity index (χ2n) is 5.07. The predicted molar refractivity (Wildman–Crippen MR) is 92.8 cm³/mol. The van der Waals surface area contributed by atoms with E-state index in [0.717, 1.165) is 0 Å². The SMILES string of the molecule is NC1=C(N)SN(c2cccc3c2C(=O)c2ccccc2C3=O)S1. The minimum Gasteiger partial charge on any atom is -0.390 e. The van der Waals surface area contributed by atoms with Gasteiger partial charge in [-0.15, -0.1) is 0 Å². The highest BCUT2D eigenvalue weighted by Gasteiger charge is 2.34. The van der Waals surface area contributed by atoms with Crippen LogP contribution >= 0.6 is 23.9 Å². The Morgan fingerprint density at radius 1 is 0.739 bits per heavy atom. The zero-order chi connectivity index (χ0) is 16.1. The summed E-state index contributed by atoms with van der Waals surface area (Å²) in [6.45, 7) is 0. The van der Waals surface area contributed by atoms with E-state index in [0.29, 0.717) is 38.0 Å². The number of carbonyl (C=O) groups excluding carboxylic acids is 2. The fourth-order valence-corrected chi connectivity index (χ4v) is 4.56. The molecule has 0 fully saturated rings. The first-order chi connectivity index (χ1) is 11.1. The molecule has 0 saturated heterocycles. The number of hydrogen-bond acceptors (Lipinski definition) is 7. The Balaban J connectivity index is 1.88. The second kappa shape index (κ2) is 5.07. The summed E-state index contributed by atoms with van der Waals surface area (Å²) in [5, 5.41) is 0.977. The van der Waals surface area contributed by atoms with Crippen LogP contribution in [-0.4, -0.2) is 11.6 Å². The van der Waals surface area contributed by atoms with Gasteiger partial charge in [-0.05, 0) is 6.07 Å². The molecule has 0 radical (unpaired) electrons. The molecule has 0 atom stereocenters. The molecule has 0 aromatic heterocycles. The van der Waals surface area contributed by atoms with Crippen molar-refractivity contribution in [3.8, 4) is 0 Å². The van der Waals surface area contributed by atoms with E-state index in [1.807, 2.05) is 0 Å². The number of hydrogen-bond donors (Lipinski definition) is 2. The largest absolute Gasteiger partial charge is 0.390 e. The molecule has 0 amide bonds. The molecule has 23 heavy (non-hydrogen) atoms. The van der Waals surface area contributed by atoms with Gasteiger partial charge < -0.3 is 11.5 Å². The average molecular weight is 341 g/mol. The monoisotopic (exact) mass is 341 g/mol. The summed E-state index contributed by atoms with van der Waals surface area (Å²) >= 11 is 2.50. The van der Waals surface area contributed by atoms with Gasteiger partial charge in [-0.1, -0.05) is 36.4 Å². The van der Waals surface area contributed by atoms with Gasteiger partial charge in [0.25, 0.3) is 0 Å². The molecule has 4 rings (SSSR count). The van der Waals surface area contributed by atoms with Crippen LogP contribution in [0.1, 0.15) is 31.8 Å². The van der Waals surface area contributed by atoms with Crippen molar-refractivity contribution in [2.24, 2.45) is 11.5 Å². The zero-order valence-corrected chi connectivity index (χ0v) is 13.4. The molecule has 0 spiro atoms. The molecule has 1 aliphatic heterocycles. The van der Waals surface area contributed by atoms with Crippen LogP contribution in [0.5, 0.6) is 0 Å². The van der Waals surface area contributed by atoms with E-state index in [1.54, 1.807) is 46.2 Å². The predicted octanol–water partition coefficient (Wildman–Crippen LogP) is 2.62. The van der Waals surface area contributed by atoms with E-state index in [9.17, 15) is 9.59 Å². The van der Waals surface area contributed by atoms with E-state index in [4.69, 9.17) is 11.5 Å². The summed E-state index contributed by atoms with van der Waals surface area (Å²) in [6, 6.07) is 12.1. The van der Waals surface area contributed by atoms with Crippen LogP contribution in [-0.2, 0) is 0 Å². The smallest absolute Gasteiger partial charge is 0.196 e. The number of benzene rings is 2. The minimum atomic E-state index is -0.156. The average Bonchev–Trinajstić information content (AvgIpc) is 2.91. The molecule has 114 valence electrons. The molecular formula is C16H11N3O2S2.